The van der Waals surface area contributed by atoms with Crippen molar-refractivity contribution >= 4 is 56.1 Å². The number of rotatable bonds is 5. The van der Waals surface area contributed by atoms with Crippen LogP contribution in [0.2, 0.25) is 5.02 Å². The molecule has 3 N–H and O–H groups in total. The molecule has 0 radical (unpaired) electrons. The average molecular weight is 483 g/mol. The first-order valence-corrected chi connectivity index (χ1v) is 9.13. The zero-order chi connectivity index (χ0) is 17.9. The molecule has 0 aliphatic heterocycles. The van der Waals surface area contributed by atoms with Crippen LogP contribution in [0.5, 0.6) is 5.75 Å². The molecule has 2 rings (SSSR count). The van der Waals surface area contributed by atoms with Gasteiger partial charge < -0.3 is 5.11 Å². The normalized spacial score (nSPS) is 11.7. The third-order valence-corrected chi connectivity index (χ3v) is 4.89. The summed E-state index contributed by atoms with van der Waals surface area (Å²) < 4.78 is 24.6. The van der Waals surface area contributed by atoms with E-state index in [1.54, 1.807) is 0 Å². The highest BCUT2D eigenvalue weighted by Crippen LogP contribution is 2.28. The standard InChI is InChI=1S/C13H11ClIN3O5S/c14-9-1-3-11(4-2-9)24(22,23)17-16-7-8-5-10(15)6-12(13(8)19)18(20)21/h1-7,17,19-21H/p-1/b16-7+. The fourth-order valence-corrected chi connectivity index (χ4v) is 3.22. The Balaban J connectivity index is 2.24. The van der Waals surface area contributed by atoms with Crippen LogP contribution in [0.4, 0.5) is 5.69 Å². The van der Waals surface area contributed by atoms with Crippen LogP contribution in [0.15, 0.2) is 46.4 Å². The highest BCUT2D eigenvalue weighted by molar-refractivity contribution is 14.1. The van der Waals surface area contributed by atoms with Crippen LogP contribution < -0.4 is 15.2 Å². The smallest absolute Gasteiger partial charge is 0.276 e. The van der Waals surface area contributed by atoms with Crippen molar-refractivity contribution in [1.82, 2.24) is 4.83 Å². The Morgan fingerprint density at radius 3 is 2.46 bits per heavy atom. The molecule has 0 aliphatic carbocycles. The van der Waals surface area contributed by atoms with E-state index in [4.69, 9.17) is 22.0 Å². The second-order valence-corrected chi connectivity index (χ2v) is 7.78. The van der Waals surface area contributed by atoms with Crippen LogP contribution in [-0.4, -0.2) is 25.0 Å². The minimum atomic E-state index is -3.92. The molecule has 0 heterocycles. The number of hydrogen-bond donors (Lipinski definition) is 3. The zero-order valence-corrected chi connectivity index (χ0v) is 15.4. The van der Waals surface area contributed by atoms with Crippen molar-refractivity contribution in [3.8, 4) is 5.75 Å². The van der Waals surface area contributed by atoms with Gasteiger partial charge in [-0.2, -0.15) is 13.5 Å². The van der Waals surface area contributed by atoms with Crippen molar-refractivity contribution in [3.63, 3.8) is 0 Å². The Hall–Kier alpha value is -1.60. The van der Waals surface area contributed by atoms with Crippen LogP contribution in [0.25, 0.3) is 0 Å². The van der Waals surface area contributed by atoms with Gasteiger partial charge in [-0.25, -0.2) is 4.83 Å². The number of halogens is 2. The van der Waals surface area contributed by atoms with Gasteiger partial charge in [0.1, 0.15) is 0 Å². The summed E-state index contributed by atoms with van der Waals surface area (Å²) in [5.41, 5.74) is -0.410. The molecule has 11 heteroatoms. The van der Waals surface area contributed by atoms with Crippen molar-refractivity contribution in [2.24, 2.45) is 5.10 Å². The third-order valence-electron chi connectivity index (χ3n) is 2.78. The Morgan fingerprint density at radius 1 is 1.25 bits per heavy atom. The quantitative estimate of drug-likeness (QED) is 0.340. The van der Waals surface area contributed by atoms with Gasteiger partial charge in [0.05, 0.1) is 16.8 Å². The summed E-state index contributed by atoms with van der Waals surface area (Å²) in [4.78, 5) is 1.91. The molecule has 0 atom stereocenters. The number of benzene rings is 2. The third kappa shape index (κ3) is 4.48. The molecule has 0 spiro atoms. The van der Waals surface area contributed by atoms with E-state index in [1.807, 2.05) is 27.4 Å². The predicted molar refractivity (Wildman–Crippen MR) is 94.0 cm³/mol. The molecular formula is C13H10ClIN3O5S-. The summed E-state index contributed by atoms with van der Waals surface area (Å²) >= 11 is 7.55. The first kappa shape index (κ1) is 18.7. The first-order valence-electron chi connectivity index (χ1n) is 6.19. The van der Waals surface area contributed by atoms with Crippen LogP contribution >= 0.6 is 34.2 Å². The lowest BCUT2D eigenvalue weighted by Crippen LogP contribution is -2.19. The predicted octanol–water partition coefficient (Wildman–Crippen LogP) is 1.92. The van der Waals surface area contributed by atoms with Crippen molar-refractivity contribution in [3.05, 3.63) is 50.6 Å². The van der Waals surface area contributed by atoms with Gasteiger partial charge in [0.15, 0.2) is 0 Å². The van der Waals surface area contributed by atoms with E-state index >= 15 is 0 Å². The second kappa shape index (κ2) is 7.53. The molecule has 8 nitrogen and oxygen atoms in total. The van der Waals surface area contributed by atoms with E-state index in [0.717, 1.165) is 6.21 Å². The Kier molecular flexibility index (Phi) is 5.87. The van der Waals surface area contributed by atoms with Gasteiger partial charge in [0, 0.05) is 8.59 Å². The molecular weight excluding hydrogens is 473 g/mol. The maximum Gasteiger partial charge on any atom is 0.276 e. The SMILES string of the molecule is O=S(=O)(N/N=C/c1cc(I)cc(N(O)O)c1[O-])c1ccc(Cl)cc1. The van der Waals surface area contributed by atoms with Gasteiger partial charge in [0.25, 0.3) is 10.0 Å². The topological polar surface area (TPSA) is 125 Å². The largest absolute Gasteiger partial charge is 0.870 e. The molecule has 2 aromatic rings. The van der Waals surface area contributed by atoms with E-state index in [2.05, 4.69) is 5.10 Å². The maximum absolute atomic E-state index is 12.0. The van der Waals surface area contributed by atoms with Gasteiger partial charge in [-0.3, -0.25) is 10.4 Å². The van der Waals surface area contributed by atoms with Gasteiger partial charge >= 0.3 is 0 Å². The summed E-state index contributed by atoms with van der Waals surface area (Å²) in [6.45, 7) is 0. The molecule has 128 valence electrons. The van der Waals surface area contributed by atoms with E-state index in [0.29, 0.717) is 8.59 Å². The first-order chi connectivity index (χ1) is 11.2. The van der Waals surface area contributed by atoms with Gasteiger partial charge in [0.2, 0.25) is 0 Å². The van der Waals surface area contributed by atoms with Gasteiger partial charge in [-0.15, -0.1) is 5.23 Å². The molecule has 0 fully saturated rings. The van der Waals surface area contributed by atoms with Gasteiger partial charge in [-0.1, -0.05) is 17.4 Å². The molecule has 0 amide bonds. The molecule has 0 saturated carbocycles. The number of nitrogens with one attached hydrogen (secondary N) is 1. The van der Waals surface area contributed by atoms with Crippen LogP contribution in [0, 0.1) is 3.57 Å². The molecule has 24 heavy (non-hydrogen) atoms. The number of hydrazone groups is 1. The molecule has 0 bridgehead atoms. The van der Waals surface area contributed by atoms with Crippen LogP contribution in [-0.2, 0) is 10.0 Å². The van der Waals surface area contributed by atoms with Crippen molar-refractivity contribution in [2.45, 2.75) is 4.90 Å². The van der Waals surface area contributed by atoms with Crippen molar-refractivity contribution in [1.29, 1.82) is 0 Å². The molecule has 0 aliphatic rings. The highest BCUT2D eigenvalue weighted by atomic mass is 127. The van der Waals surface area contributed by atoms with Crippen molar-refractivity contribution in [2.75, 3.05) is 5.23 Å². The summed E-state index contributed by atoms with van der Waals surface area (Å²) in [7, 11) is -3.92. The summed E-state index contributed by atoms with van der Waals surface area (Å²) in [6, 6.07) is 8.10. The summed E-state index contributed by atoms with van der Waals surface area (Å²) in [5, 5.41) is 33.6. The van der Waals surface area contributed by atoms with E-state index < -0.39 is 15.8 Å². The number of anilines is 1. The molecule has 0 aromatic heterocycles. The minimum absolute atomic E-state index is 0.0243. The Bertz CT molecular complexity index is 872. The fourth-order valence-electron chi connectivity index (χ4n) is 1.68. The average Bonchev–Trinajstić information content (AvgIpc) is 2.50. The molecule has 0 saturated heterocycles. The summed E-state index contributed by atoms with van der Waals surface area (Å²) in [6.07, 6.45) is 0.977. The minimum Gasteiger partial charge on any atom is -0.870 e. The maximum atomic E-state index is 12.0. The van der Waals surface area contributed by atoms with Crippen LogP contribution in [0.1, 0.15) is 5.56 Å². The Labute approximate surface area is 156 Å². The van der Waals surface area contributed by atoms with E-state index in [9.17, 15) is 13.5 Å². The fraction of sp³-hybridized carbons (Fsp3) is 0. The lowest BCUT2D eigenvalue weighted by molar-refractivity contribution is -0.268. The number of nitrogens with zero attached hydrogens (tertiary/aromatic N) is 2. The van der Waals surface area contributed by atoms with E-state index in [1.165, 1.54) is 36.4 Å². The molecule has 0 unspecified atom stereocenters. The van der Waals surface area contributed by atoms with Crippen molar-refractivity contribution < 1.29 is 23.9 Å². The van der Waals surface area contributed by atoms with E-state index in [-0.39, 0.29) is 21.4 Å². The highest BCUT2D eigenvalue weighted by Gasteiger charge is 2.12. The second-order valence-electron chi connectivity index (χ2n) is 4.44. The number of hydrogen-bond acceptors (Lipinski definition) is 7. The number of sulfonamides is 1. The lowest BCUT2D eigenvalue weighted by Gasteiger charge is -2.19. The molecule has 2 aromatic carbocycles. The monoisotopic (exact) mass is 482 g/mol. The Morgan fingerprint density at radius 2 is 1.88 bits per heavy atom. The summed E-state index contributed by atoms with van der Waals surface area (Å²) in [5.74, 6) is -0.727. The van der Waals surface area contributed by atoms with Crippen LogP contribution in [0.3, 0.4) is 0 Å². The zero-order valence-electron chi connectivity index (χ0n) is 11.7. The lowest BCUT2D eigenvalue weighted by atomic mass is 10.2. The van der Waals surface area contributed by atoms with Gasteiger partial charge in [-0.05, 0) is 64.6 Å².